The molecule has 1 aromatic rings. The molecule has 2 unspecified atom stereocenters. The average Bonchev–Trinajstić information content (AvgIpc) is 2.23. The van der Waals surface area contributed by atoms with E-state index in [1.165, 1.54) is 5.57 Å². The Bertz CT molecular complexity index is 458. The zero-order valence-corrected chi connectivity index (χ0v) is 10.4. The van der Waals surface area contributed by atoms with Gasteiger partial charge in [-0.15, -0.1) is 0 Å². The maximum Gasteiger partial charge on any atom is 0.0720 e. The highest BCUT2D eigenvalue weighted by Gasteiger charge is 2.18. The summed E-state index contributed by atoms with van der Waals surface area (Å²) in [5.41, 5.74) is 4.38. The van der Waals surface area contributed by atoms with Crippen LogP contribution in [0.1, 0.15) is 32.2 Å². The first-order chi connectivity index (χ1) is 7.58. The Balaban J connectivity index is 2.42. The Kier molecular flexibility index (Phi) is 2.90. The van der Waals surface area contributed by atoms with E-state index in [2.05, 4.69) is 49.0 Å². The SMILES string of the molecule is CC1=NC(C)C(C)C=C1c1cccc(C)n1. The molecule has 1 aliphatic heterocycles. The third-order valence-corrected chi connectivity index (χ3v) is 3.14. The molecule has 0 fully saturated rings. The predicted molar refractivity (Wildman–Crippen MR) is 68.7 cm³/mol. The molecule has 0 spiro atoms. The summed E-state index contributed by atoms with van der Waals surface area (Å²) in [6.45, 7) is 8.45. The number of aliphatic imine (C=N–C) groups is 1. The zero-order valence-electron chi connectivity index (χ0n) is 10.4. The molecule has 0 radical (unpaired) electrons. The number of rotatable bonds is 1. The van der Waals surface area contributed by atoms with Crippen molar-refractivity contribution in [3.63, 3.8) is 0 Å². The Morgan fingerprint density at radius 3 is 2.56 bits per heavy atom. The van der Waals surface area contributed by atoms with Gasteiger partial charge in [0.1, 0.15) is 0 Å². The van der Waals surface area contributed by atoms with Gasteiger partial charge < -0.3 is 0 Å². The highest BCUT2D eigenvalue weighted by molar-refractivity contribution is 6.22. The minimum absolute atomic E-state index is 0.383. The van der Waals surface area contributed by atoms with Gasteiger partial charge in [-0.25, -0.2) is 0 Å². The highest BCUT2D eigenvalue weighted by atomic mass is 14.8. The van der Waals surface area contributed by atoms with E-state index in [1.807, 2.05) is 13.0 Å². The van der Waals surface area contributed by atoms with E-state index in [1.54, 1.807) is 0 Å². The molecule has 0 bridgehead atoms. The van der Waals surface area contributed by atoms with Gasteiger partial charge in [-0.1, -0.05) is 19.1 Å². The molecule has 0 aromatic carbocycles. The second-order valence-corrected chi connectivity index (χ2v) is 4.56. The fourth-order valence-electron chi connectivity index (χ4n) is 1.98. The van der Waals surface area contributed by atoms with E-state index in [9.17, 15) is 0 Å². The topological polar surface area (TPSA) is 25.2 Å². The molecule has 2 heterocycles. The van der Waals surface area contributed by atoms with Crippen LogP contribution < -0.4 is 0 Å². The van der Waals surface area contributed by atoms with Gasteiger partial charge >= 0.3 is 0 Å². The monoisotopic (exact) mass is 214 g/mol. The van der Waals surface area contributed by atoms with Gasteiger partial charge in [0.25, 0.3) is 0 Å². The normalized spacial score (nSPS) is 25.0. The fourth-order valence-corrected chi connectivity index (χ4v) is 1.98. The van der Waals surface area contributed by atoms with Crippen LogP contribution in [-0.4, -0.2) is 16.7 Å². The summed E-state index contributed by atoms with van der Waals surface area (Å²) < 4.78 is 0. The molecule has 84 valence electrons. The first kappa shape index (κ1) is 11.1. The zero-order chi connectivity index (χ0) is 11.7. The molecular formula is C14H18N2. The number of aryl methyl sites for hydroxylation is 1. The van der Waals surface area contributed by atoms with E-state index in [0.717, 1.165) is 17.1 Å². The molecule has 2 atom stereocenters. The Hall–Kier alpha value is -1.44. The van der Waals surface area contributed by atoms with Gasteiger partial charge in [0.2, 0.25) is 0 Å². The molecule has 1 aliphatic rings. The summed E-state index contributed by atoms with van der Waals surface area (Å²) in [6, 6.07) is 6.51. The molecular weight excluding hydrogens is 196 g/mol. The molecule has 2 heteroatoms. The van der Waals surface area contributed by atoms with Crippen molar-refractivity contribution in [3.05, 3.63) is 35.7 Å². The standard InChI is InChI=1S/C14H18N2/c1-9-8-13(12(4)16-11(9)3)14-7-5-6-10(2)15-14/h5-9,11H,1-4H3. The summed E-state index contributed by atoms with van der Waals surface area (Å²) in [5.74, 6) is 0.487. The second kappa shape index (κ2) is 4.20. The van der Waals surface area contributed by atoms with Crippen LogP contribution in [0.15, 0.2) is 29.3 Å². The van der Waals surface area contributed by atoms with Gasteiger partial charge in [0, 0.05) is 17.0 Å². The van der Waals surface area contributed by atoms with Gasteiger partial charge in [-0.3, -0.25) is 9.98 Å². The van der Waals surface area contributed by atoms with Gasteiger partial charge in [0.05, 0.1) is 11.7 Å². The Labute approximate surface area is 97.1 Å². The number of hydrogen-bond donors (Lipinski definition) is 0. The lowest BCUT2D eigenvalue weighted by atomic mass is 9.93. The van der Waals surface area contributed by atoms with Crippen molar-refractivity contribution in [2.24, 2.45) is 10.9 Å². The predicted octanol–water partition coefficient (Wildman–Crippen LogP) is 3.27. The van der Waals surface area contributed by atoms with Crippen molar-refractivity contribution in [2.75, 3.05) is 0 Å². The third-order valence-electron chi connectivity index (χ3n) is 3.14. The van der Waals surface area contributed by atoms with Gasteiger partial charge in [-0.2, -0.15) is 0 Å². The van der Waals surface area contributed by atoms with Crippen LogP contribution in [0.4, 0.5) is 0 Å². The minimum atomic E-state index is 0.383. The van der Waals surface area contributed by atoms with Crippen molar-refractivity contribution in [1.82, 2.24) is 4.98 Å². The number of hydrogen-bond acceptors (Lipinski definition) is 2. The Morgan fingerprint density at radius 2 is 1.88 bits per heavy atom. The Morgan fingerprint density at radius 1 is 1.12 bits per heavy atom. The lowest BCUT2D eigenvalue weighted by Gasteiger charge is -2.21. The largest absolute Gasteiger partial charge is 0.286 e. The van der Waals surface area contributed by atoms with Crippen molar-refractivity contribution in [1.29, 1.82) is 0 Å². The van der Waals surface area contributed by atoms with Crippen LogP contribution in [-0.2, 0) is 0 Å². The van der Waals surface area contributed by atoms with Crippen molar-refractivity contribution >= 4 is 11.3 Å². The van der Waals surface area contributed by atoms with Crippen LogP contribution in [0, 0.1) is 12.8 Å². The van der Waals surface area contributed by atoms with E-state index >= 15 is 0 Å². The van der Waals surface area contributed by atoms with E-state index in [4.69, 9.17) is 0 Å². The molecule has 0 saturated carbocycles. The van der Waals surface area contributed by atoms with Gasteiger partial charge in [0.15, 0.2) is 0 Å². The van der Waals surface area contributed by atoms with Crippen LogP contribution >= 0.6 is 0 Å². The molecule has 16 heavy (non-hydrogen) atoms. The molecule has 2 rings (SSSR count). The molecule has 0 N–H and O–H groups in total. The fraction of sp³-hybridized carbons (Fsp3) is 0.429. The highest BCUT2D eigenvalue weighted by Crippen LogP contribution is 2.25. The lowest BCUT2D eigenvalue weighted by Crippen LogP contribution is -2.18. The first-order valence-corrected chi connectivity index (χ1v) is 5.78. The molecule has 1 aromatic heterocycles. The smallest absolute Gasteiger partial charge is 0.0720 e. The number of dihydropyridines is 1. The second-order valence-electron chi connectivity index (χ2n) is 4.56. The van der Waals surface area contributed by atoms with Crippen LogP contribution in [0.3, 0.4) is 0 Å². The van der Waals surface area contributed by atoms with Crippen LogP contribution in [0.2, 0.25) is 0 Å². The van der Waals surface area contributed by atoms with E-state index in [0.29, 0.717) is 12.0 Å². The summed E-state index contributed by atoms with van der Waals surface area (Å²) in [6.07, 6.45) is 2.29. The number of nitrogens with zero attached hydrogens (tertiary/aromatic N) is 2. The van der Waals surface area contributed by atoms with Crippen LogP contribution in [0.25, 0.3) is 5.57 Å². The number of pyridine rings is 1. The van der Waals surface area contributed by atoms with E-state index in [-0.39, 0.29) is 0 Å². The third kappa shape index (κ3) is 2.06. The minimum Gasteiger partial charge on any atom is -0.286 e. The molecule has 2 nitrogen and oxygen atoms in total. The van der Waals surface area contributed by atoms with Crippen molar-refractivity contribution in [3.8, 4) is 0 Å². The summed E-state index contributed by atoms with van der Waals surface area (Å²) >= 11 is 0. The molecule has 0 amide bonds. The number of allylic oxidation sites excluding steroid dienone is 1. The first-order valence-electron chi connectivity index (χ1n) is 5.78. The maximum absolute atomic E-state index is 4.66. The molecule has 0 aliphatic carbocycles. The maximum atomic E-state index is 4.66. The lowest BCUT2D eigenvalue weighted by molar-refractivity contribution is 0.580. The summed E-state index contributed by atoms with van der Waals surface area (Å²) in [5, 5.41) is 0. The van der Waals surface area contributed by atoms with Crippen LogP contribution in [0.5, 0.6) is 0 Å². The quantitative estimate of drug-likeness (QED) is 0.704. The summed E-state index contributed by atoms with van der Waals surface area (Å²) in [7, 11) is 0. The van der Waals surface area contributed by atoms with Gasteiger partial charge in [-0.05, 0) is 38.8 Å². The molecule has 0 saturated heterocycles. The van der Waals surface area contributed by atoms with Crippen molar-refractivity contribution < 1.29 is 0 Å². The summed E-state index contributed by atoms with van der Waals surface area (Å²) in [4.78, 5) is 9.22. The average molecular weight is 214 g/mol. The number of aromatic nitrogens is 1. The van der Waals surface area contributed by atoms with E-state index < -0.39 is 0 Å². The van der Waals surface area contributed by atoms with Crippen molar-refractivity contribution in [2.45, 2.75) is 33.7 Å².